The summed E-state index contributed by atoms with van der Waals surface area (Å²) >= 11 is 0. The molecule has 0 aliphatic heterocycles. The molecule has 0 fully saturated rings. The molecule has 2 rings (SSSR count). The van der Waals surface area contributed by atoms with Gasteiger partial charge in [0.05, 0.1) is 12.1 Å². The number of nitrogens with zero attached hydrogens (tertiary/aromatic N) is 1. The van der Waals surface area contributed by atoms with Crippen LogP contribution in [0.4, 0.5) is 18.0 Å². The van der Waals surface area contributed by atoms with Crippen LogP contribution in [0.25, 0.3) is 0 Å². The summed E-state index contributed by atoms with van der Waals surface area (Å²) in [6.45, 7) is 0.378. The minimum Gasteiger partial charge on any atom is -0.492 e. The van der Waals surface area contributed by atoms with Crippen molar-refractivity contribution >= 4 is 6.03 Å². The highest BCUT2D eigenvalue weighted by molar-refractivity contribution is 5.73. The molecule has 1 N–H and O–H groups in total. The number of ether oxygens (including phenoxy) is 1. The van der Waals surface area contributed by atoms with E-state index in [2.05, 4.69) is 5.32 Å². The number of nitrogens with one attached hydrogen (secondary N) is 1. The molecule has 0 saturated carbocycles. The van der Waals surface area contributed by atoms with Crippen LogP contribution in [-0.4, -0.2) is 31.1 Å². The second-order valence-electron chi connectivity index (χ2n) is 5.40. The number of hydrogen-bond acceptors (Lipinski definition) is 2. The van der Waals surface area contributed by atoms with Crippen LogP contribution in [0.3, 0.4) is 0 Å². The molecule has 134 valence electrons. The number of halogens is 3. The summed E-state index contributed by atoms with van der Waals surface area (Å²) in [5, 5.41) is 2.61. The molecular weight excluding hydrogens is 333 g/mol. The number of urea groups is 1. The van der Waals surface area contributed by atoms with Gasteiger partial charge in [-0.1, -0.05) is 36.4 Å². The van der Waals surface area contributed by atoms with Crippen LogP contribution in [-0.2, 0) is 12.7 Å². The summed E-state index contributed by atoms with van der Waals surface area (Å²) in [5.74, 6) is 0.684. The van der Waals surface area contributed by atoms with Crippen molar-refractivity contribution in [3.8, 4) is 5.75 Å². The Morgan fingerprint density at radius 2 is 1.72 bits per heavy atom. The van der Waals surface area contributed by atoms with Gasteiger partial charge in [-0.3, -0.25) is 0 Å². The first-order valence-corrected chi connectivity index (χ1v) is 7.70. The standard InChI is InChI=1S/C18H19F3N2O2/c1-23(13-14-7-5-6-10-16(14)18(19,20)21)17(24)22-11-12-25-15-8-3-2-4-9-15/h2-10H,11-13H2,1H3,(H,22,24). The Bertz CT molecular complexity index is 690. The Kier molecular flexibility index (Phi) is 6.27. The van der Waals surface area contributed by atoms with E-state index in [4.69, 9.17) is 4.74 Å². The van der Waals surface area contributed by atoms with Gasteiger partial charge in [-0.2, -0.15) is 13.2 Å². The predicted molar refractivity (Wildman–Crippen MR) is 88.2 cm³/mol. The lowest BCUT2D eigenvalue weighted by atomic mass is 10.1. The second-order valence-corrected chi connectivity index (χ2v) is 5.40. The molecule has 0 heterocycles. The monoisotopic (exact) mass is 352 g/mol. The first-order chi connectivity index (χ1) is 11.9. The van der Waals surface area contributed by atoms with Gasteiger partial charge in [0.15, 0.2) is 0 Å². The largest absolute Gasteiger partial charge is 0.492 e. The van der Waals surface area contributed by atoms with Gasteiger partial charge in [-0.15, -0.1) is 0 Å². The average Bonchev–Trinajstić information content (AvgIpc) is 2.59. The van der Waals surface area contributed by atoms with E-state index >= 15 is 0 Å². The highest BCUT2D eigenvalue weighted by Gasteiger charge is 2.33. The highest BCUT2D eigenvalue weighted by atomic mass is 19.4. The normalized spacial score (nSPS) is 11.0. The maximum absolute atomic E-state index is 13.0. The van der Waals surface area contributed by atoms with Crippen molar-refractivity contribution in [2.75, 3.05) is 20.2 Å². The lowest BCUT2D eigenvalue weighted by Gasteiger charge is -2.20. The molecule has 0 aliphatic carbocycles. The van der Waals surface area contributed by atoms with Gasteiger partial charge in [0, 0.05) is 13.6 Å². The van der Waals surface area contributed by atoms with Gasteiger partial charge in [0.1, 0.15) is 12.4 Å². The van der Waals surface area contributed by atoms with E-state index in [-0.39, 0.29) is 25.3 Å². The molecule has 0 spiro atoms. The first-order valence-electron chi connectivity index (χ1n) is 7.70. The molecule has 0 aromatic heterocycles. The number of carbonyl (C=O) groups is 1. The minimum atomic E-state index is -4.45. The highest BCUT2D eigenvalue weighted by Crippen LogP contribution is 2.32. The molecule has 7 heteroatoms. The summed E-state index contributed by atoms with van der Waals surface area (Å²) in [4.78, 5) is 13.2. The van der Waals surface area contributed by atoms with Gasteiger partial charge in [-0.25, -0.2) is 4.79 Å². The number of amides is 2. The van der Waals surface area contributed by atoms with Gasteiger partial charge in [-0.05, 0) is 23.8 Å². The van der Waals surface area contributed by atoms with Crippen LogP contribution in [0.1, 0.15) is 11.1 Å². The van der Waals surface area contributed by atoms with Gasteiger partial charge < -0.3 is 15.0 Å². The van der Waals surface area contributed by atoms with Crippen molar-refractivity contribution in [1.82, 2.24) is 10.2 Å². The van der Waals surface area contributed by atoms with Crippen LogP contribution in [0.5, 0.6) is 5.75 Å². The lowest BCUT2D eigenvalue weighted by Crippen LogP contribution is -2.39. The molecule has 0 radical (unpaired) electrons. The molecule has 0 saturated heterocycles. The Balaban J connectivity index is 1.83. The summed E-state index contributed by atoms with van der Waals surface area (Å²) in [6.07, 6.45) is -4.45. The van der Waals surface area contributed by atoms with Crippen molar-refractivity contribution in [3.63, 3.8) is 0 Å². The molecule has 0 bridgehead atoms. The molecule has 2 amide bonds. The molecule has 0 aliphatic rings. The van der Waals surface area contributed by atoms with Gasteiger partial charge >= 0.3 is 12.2 Å². The zero-order valence-corrected chi connectivity index (χ0v) is 13.7. The number of rotatable bonds is 6. The smallest absolute Gasteiger partial charge is 0.416 e. The maximum Gasteiger partial charge on any atom is 0.416 e. The number of benzene rings is 2. The fraction of sp³-hybridized carbons (Fsp3) is 0.278. The quantitative estimate of drug-likeness (QED) is 0.801. The van der Waals surface area contributed by atoms with Crippen molar-refractivity contribution < 1.29 is 22.7 Å². The van der Waals surface area contributed by atoms with Crippen LogP contribution in [0, 0.1) is 0 Å². The van der Waals surface area contributed by atoms with Gasteiger partial charge in [0.2, 0.25) is 0 Å². The second kappa shape index (κ2) is 8.41. The number of hydrogen-bond donors (Lipinski definition) is 1. The Hall–Kier alpha value is -2.70. The van der Waals surface area contributed by atoms with Crippen LogP contribution in [0.15, 0.2) is 54.6 Å². The molecule has 25 heavy (non-hydrogen) atoms. The number of carbonyl (C=O) groups excluding carboxylic acids is 1. The summed E-state index contributed by atoms with van der Waals surface area (Å²) in [6, 6.07) is 13.9. The van der Waals surface area contributed by atoms with Crippen molar-refractivity contribution in [2.24, 2.45) is 0 Å². The molecule has 2 aromatic rings. The third kappa shape index (κ3) is 5.70. The van der Waals surface area contributed by atoms with E-state index < -0.39 is 17.8 Å². The van der Waals surface area contributed by atoms with Crippen molar-refractivity contribution in [1.29, 1.82) is 0 Å². The van der Waals surface area contributed by atoms with E-state index in [1.54, 1.807) is 12.1 Å². The summed E-state index contributed by atoms with van der Waals surface area (Å²) < 4.78 is 44.4. The zero-order chi connectivity index (χ0) is 18.3. The van der Waals surface area contributed by atoms with Crippen LogP contribution >= 0.6 is 0 Å². The number of alkyl halides is 3. The van der Waals surface area contributed by atoms with E-state index in [0.29, 0.717) is 5.75 Å². The molecule has 0 atom stereocenters. The van der Waals surface area contributed by atoms with Crippen molar-refractivity contribution in [3.05, 3.63) is 65.7 Å². The first kappa shape index (κ1) is 18.6. The minimum absolute atomic E-state index is 0.0492. The van der Waals surface area contributed by atoms with Crippen LogP contribution < -0.4 is 10.1 Å². The Morgan fingerprint density at radius 3 is 2.40 bits per heavy atom. The third-order valence-electron chi connectivity index (χ3n) is 3.47. The molecule has 2 aromatic carbocycles. The molecule has 4 nitrogen and oxygen atoms in total. The summed E-state index contributed by atoms with van der Waals surface area (Å²) in [5.41, 5.74) is -0.685. The fourth-order valence-corrected chi connectivity index (χ4v) is 2.24. The van der Waals surface area contributed by atoms with E-state index in [1.807, 2.05) is 18.2 Å². The SMILES string of the molecule is CN(Cc1ccccc1C(F)(F)F)C(=O)NCCOc1ccccc1. The number of para-hydroxylation sites is 1. The lowest BCUT2D eigenvalue weighted by molar-refractivity contribution is -0.138. The Morgan fingerprint density at radius 1 is 1.08 bits per heavy atom. The zero-order valence-electron chi connectivity index (χ0n) is 13.7. The summed E-state index contributed by atoms with van der Waals surface area (Å²) in [7, 11) is 1.44. The third-order valence-corrected chi connectivity index (χ3v) is 3.47. The van der Waals surface area contributed by atoms with Crippen molar-refractivity contribution in [2.45, 2.75) is 12.7 Å². The fourth-order valence-electron chi connectivity index (χ4n) is 2.24. The molecular formula is C18H19F3N2O2. The van der Waals surface area contributed by atoms with E-state index in [0.717, 1.165) is 6.07 Å². The Labute approximate surface area is 144 Å². The average molecular weight is 352 g/mol. The van der Waals surface area contributed by atoms with E-state index in [9.17, 15) is 18.0 Å². The van der Waals surface area contributed by atoms with Crippen LogP contribution in [0.2, 0.25) is 0 Å². The maximum atomic E-state index is 13.0. The van der Waals surface area contributed by atoms with Gasteiger partial charge in [0.25, 0.3) is 0 Å². The molecule has 0 unspecified atom stereocenters. The topological polar surface area (TPSA) is 41.6 Å². The van der Waals surface area contributed by atoms with E-state index in [1.165, 1.54) is 30.1 Å². The predicted octanol–water partition coefficient (Wildman–Crippen LogP) is 3.93.